The summed E-state index contributed by atoms with van der Waals surface area (Å²) < 4.78 is 0. The molecule has 17 heavy (non-hydrogen) atoms. The van der Waals surface area contributed by atoms with Crippen LogP contribution in [0.2, 0.25) is 0 Å². The molecular weight excluding hydrogens is 208 g/mol. The first-order valence-corrected chi connectivity index (χ1v) is 6.91. The molecule has 2 heteroatoms. The van der Waals surface area contributed by atoms with Crippen molar-refractivity contribution in [3.63, 3.8) is 0 Å². The van der Waals surface area contributed by atoms with Gasteiger partial charge in [-0.3, -0.25) is 0 Å². The van der Waals surface area contributed by atoms with Crippen molar-refractivity contribution in [3.8, 4) is 0 Å². The molecule has 2 rings (SSSR count). The van der Waals surface area contributed by atoms with Crippen LogP contribution < -0.4 is 10.2 Å². The third kappa shape index (κ3) is 3.01. The molecule has 0 radical (unpaired) electrons. The number of benzene rings is 1. The second-order valence-corrected chi connectivity index (χ2v) is 4.94. The SMILES string of the molecule is CCCC1CN(CCC)c2ccccc2CN1. The molecule has 0 spiro atoms. The Balaban J connectivity index is 2.19. The highest BCUT2D eigenvalue weighted by Gasteiger charge is 2.19. The molecule has 1 N–H and O–H groups in total. The monoisotopic (exact) mass is 232 g/mol. The van der Waals surface area contributed by atoms with E-state index < -0.39 is 0 Å². The van der Waals surface area contributed by atoms with Crippen LogP contribution in [0.5, 0.6) is 0 Å². The first kappa shape index (κ1) is 12.4. The highest BCUT2D eigenvalue weighted by Crippen LogP contribution is 2.24. The van der Waals surface area contributed by atoms with Crippen molar-refractivity contribution < 1.29 is 0 Å². The summed E-state index contributed by atoms with van der Waals surface area (Å²) in [5, 5.41) is 3.69. The maximum Gasteiger partial charge on any atom is 0.0412 e. The van der Waals surface area contributed by atoms with Gasteiger partial charge in [0.2, 0.25) is 0 Å². The number of rotatable bonds is 4. The lowest BCUT2D eigenvalue weighted by Crippen LogP contribution is -2.38. The number of hydrogen-bond acceptors (Lipinski definition) is 2. The van der Waals surface area contributed by atoms with Gasteiger partial charge in [-0.1, -0.05) is 38.5 Å². The van der Waals surface area contributed by atoms with E-state index >= 15 is 0 Å². The van der Waals surface area contributed by atoms with E-state index in [-0.39, 0.29) is 0 Å². The molecule has 1 unspecified atom stereocenters. The van der Waals surface area contributed by atoms with E-state index in [4.69, 9.17) is 0 Å². The number of nitrogens with zero attached hydrogens (tertiary/aromatic N) is 1. The summed E-state index contributed by atoms with van der Waals surface area (Å²) >= 11 is 0. The van der Waals surface area contributed by atoms with Gasteiger partial charge in [0.25, 0.3) is 0 Å². The van der Waals surface area contributed by atoms with Gasteiger partial charge in [0.15, 0.2) is 0 Å². The van der Waals surface area contributed by atoms with Gasteiger partial charge in [0, 0.05) is 31.4 Å². The molecule has 0 saturated heterocycles. The van der Waals surface area contributed by atoms with Crippen LogP contribution in [0, 0.1) is 0 Å². The highest BCUT2D eigenvalue weighted by atomic mass is 15.2. The Kier molecular flexibility index (Phi) is 4.43. The van der Waals surface area contributed by atoms with Gasteiger partial charge in [0.05, 0.1) is 0 Å². The fraction of sp³-hybridized carbons (Fsp3) is 0.600. The van der Waals surface area contributed by atoms with E-state index in [2.05, 4.69) is 48.3 Å². The maximum atomic E-state index is 3.69. The topological polar surface area (TPSA) is 15.3 Å². The largest absolute Gasteiger partial charge is 0.370 e. The van der Waals surface area contributed by atoms with Crippen LogP contribution in [-0.4, -0.2) is 19.1 Å². The van der Waals surface area contributed by atoms with Gasteiger partial charge in [-0.2, -0.15) is 0 Å². The zero-order valence-corrected chi connectivity index (χ0v) is 11.1. The molecule has 1 aliphatic rings. The van der Waals surface area contributed by atoms with Crippen molar-refractivity contribution in [1.82, 2.24) is 5.32 Å². The van der Waals surface area contributed by atoms with E-state index in [1.807, 2.05) is 0 Å². The van der Waals surface area contributed by atoms with Crippen LogP contribution in [0.1, 0.15) is 38.7 Å². The van der Waals surface area contributed by atoms with E-state index in [1.54, 1.807) is 0 Å². The first-order valence-electron chi connectivity index (χ1n) is 6.91. The summed E-state index contributed by atoms with van der Waals surface area (Å²) in [4.78, 5) is 2.55. The Morgan fingerprint density at radius 2 is 2.06 bits per heavy atom. The summed E-state index contributed by atoms with van der Waals surface area (Å²) in [5.74, 6) is 0. The second-order valence-electron chi connectivity index (χ2n) is 4.94. The molecule has 0 amide bonds. The van der Waals surface area contributed by atoms with Crippen LogP contribution in [0.3, 0.4) is 0 Å². The Labute approximate surface area is 105 Å². The first-order chi connectivity index (χ1) is 8.35. The van der Waals surface area contributed by atoms with Crippen LogP contribution >= 0.6 is 0 Å². The molecule has 1 aromatic carbocycles. The van der Waals surface area contributed by atoms with Gasteiger partial charge in [0.1, 0.15) is 0 Å². The number of para-hydroxylation sites is 1. The molecular formula is C15H24N2. The second kappa shape index (κ2) is 6.06. The third-order valence-electron chi connectivity index (χ3n) is 3.48. The predicted molar refractivity (Wildman–Crippen MR) is 74.5 cm³/mol. The molecule has 0 aromatic heterocycles. The van der Waals surface area contributed by atoms with Crippen LogP contribution in [-0.2, 0) is 6.54 Å². The van der Waals surface area contributed by atoms with Crippen molar-refractivity contribution in [2.45, 2.75) is 45.7 Å². The quantitative estimate of drug-likeness (QED) is 0.857. The zero-order chi connectivity index (χ0) is 12.1. The molecule has 0 aliphatic carbocycles. The number of nitrogens with one attached hydrogen (secondary N) is 1. The minimum Gasteiger partial charge on any atom is -0.370 e. The van der Waals surface area contributed by atoms with Crippen LogP contribution in [0.15, 0.2) is 24.3 Å². The standard InChI is InChI=1S/C15H24N2/c1-3-7-14-12-17(10-4-2)15-9-6-5-8-13(15)11-16-14/h5-6,8-9,14,16H,3-4,7,10-12H2,1-2H3. The highest BCUT2D eigenvalue weighted by molar-refractivity contribution is 5.54. The number of anilines is 1. The van der Waals surface area contributed by atoms with Gasteiger partial charge in [-0.25, -0.2) is 0 Å². The maximum absolute atomic E-state index is 3.69. The molecule has 94 valence electrons. The predicted octanol–water partition coefficient (Wildman–Crippen LogP) is 3.17. The minimum absolute atomic E-state index is 0.638. The lowest BCUT2D eigenvalue weighted by atomic mass is 10.1. The lowest BCUT2D eigenvalue weighted by molar-refractivity contribution is 0.480. The molecule has 0 saturated carbocycles. The molecule has 0 fully saturated rings. The van der Waals surface area contributed by atoms with Crippen LogP contribution in [0.4, 0.5) is 5.69 Å². The van der Waals surface area contributed by atoms with Crippen molar-refractivity contribution in [3.05, 3.63) is 29.8 Å². The number of hydrogen-bond donors (Lipinski definition) is 1. The van der Waals surface area contributed by atoms with Gasteiger partial charge in [-0.05, 0) is 24.5 Å². The number of fused-ring (bicyclic) bond motifs is 1. The van der Waals surface area contributed by atoms with E-state index in [9.17, 15) is 0 Å². The van der Waals surface area contributed by atoms with E-state index in [0.717, 1.165) is 13.1 Å². The van der Waals surface area contributed by atoms with Crippen molar-refractivity contribution >= 4 is 5.69 Å². The van der Waals surface area contributed by atoms with Gasteiger partial charge >= 0.3 is 0 Å². The Bertz CT molecular complexity index is 349. The van der Waals surface area contributed by atoms with Crippen molar-refractivity contribution in [2.24, 2.45) is 0 Å². The Morgan fingerprint density at radius 1 is 1.24 bits per heavy atom. The van der Waals surface area contributed by atoms with Crippen molar-refractivity contribution in [2.75, 3.05) is 18.0 Å². The molecule has 1 atom stereocenters. The molecule has 1 aromatic rings. The average molecular weight is 232 g/mol. The molecule has 1 heterocycles. The minimum atomic E-state index is 0.638. The Hall–Kier alpha value is -1.02. The zero-order valence-electron chi connectivity index (χ0n) is 11.1. The molecule has 0 bridgehead atoms. The summed E-state index contributed by atoms with van der Waals surface area (Å²) in [7, 11) is 0. The van der Waals surface area contributed by atoms with Crippen LogP contribution in [0.25, 0.3) is 0 Å². The third-order valence-corrected chi connectivity index (χ3v) is 3.48. The molecule has 2 nitrogen and oxygen atoms in total. The van der Waals surface area contributed by atoms with E-state index in [0.29, 0.717) is 6.04 Å². The van der Waals surface area contributed by atoms with Gasteiger partial charge < -0.3 is 10.2 Å². The lowest BCUT2D eigenvalue weighted by Gasteiger charge is -2.27. The summed E-state index contributed by atoms with van der Waals surface area (Å²) in [6.45, 7) is 7.86. The van der Waals surface area contributed by atoms with E-state index in [1.165, 1.54) is 37.1 Å². The van der Waals surface area contributed by atoms with Crippen molar-refractivity contribution in [1.29, 1.82) is 0 Å². The summed E-state index contributed by atoms with van der Waals surface area (Å²) in [6.07, 6.45) is 3.75. The molecule has 1 aliphatic heterocycles. The smallest absolute Gasteiger partial charge is 0.0412 e. The normalized spacial score (nSPS) is 19.9. The Morgan fingerprint density at radius 3 is 2.82 bits per heavy atom. The van der Waals surface area contributed by atoms with Gasteiger partial charge in [-0.15, -0.1) is 0 Å². The average Bonchev–Trinajstić information content (AvgIpc) is 2.52. The fourth-order valence-corrected chi connectivity index (χ4v) is 2.68. The summed E-state index contributed by atoms with van der Waals surface area (Å²) in [5.41, 5.74) is 2.88. The summed E-state index contributed by atoms with van der Waals surface area (Å²) in [6, 6.07) is 9.45. The fourth-order valence-electron chi connectivity index (χ4n) is 2.68.